The molecule has 0 saturated carbocycles. The first kappa shape index (κ1) is 15.0. The molecule has 0 bridgehead atoms. The molecule has 5 heteroatoms. The molecule has 3 rings (SSSR count). The van der Waals surface area contributed by atoms with Gasteiger partial charge in [-0.25, -0.2) is 0 Å². The van der Waals surface area contributed by atoms with Crippen LogP contribution in [0.1, 0.15) is 23.2 Å². The van der Waals surface area contributed by atoms with E-state index >= 15 is 0 Å². The summed E-state index contributed by atoms with van der Waals surface area (Å²) >= 11 is 5.91. The van der Waals surface area contributed by atoms with Crippen LogP contribution in [0.5, 0.6) is 0 Å². The molecule has 2 aromatic rings. The maximum atomic E-state index is 12.6. The number of pyridine rings is 1. The maximum Gasteiger partial charge on any atom is 0.255 e. The van der Waals surface area contributed by atoms with Gasteiger partial charge in [0.1, 0.15) is 0 Å². The summed E-state index contributed by atoms with van der Waals surface area (Å²) in [4.78, 5) is 18.6. The van der Waals surface area contributed by atoms with Crippen LogP contribution in [0.25, 0.3) is 11.1 Å². The monoisotopic (exact) mass is 315 g/mol. The summed E-state index contributed by atoms with van der Waals surface area (Å²) in [5, 5.41) is 0.689. The molecule has 1 aromatic carbocycles. The number of rotatable bonds is 2. The number of hydrogen-bond acceptors (Lipinski definition) is 3. The Morgan fingerprint density at radius 3 is 2.50 bits per heavy atom. The fourth-order valence-corrected chi connectivity index (χ4v) is 2.77. The third kappa shape index (κ3) is 3.29. The Hall–Kier alpha value is -1.91. The molecule has 1 aliphatic heterocycles. The van der Waals surface area contributed by atoms with Crippen LogP contribution < -0.4 is 5.73 Å². The molecule has 0 aliphatic carbocycles. The van der Waals surface area contributed by atoms with E-state index in [4.69, 9.17) is 17.3 Å². The van der Waals surface area contributed by atoms with Gasteiger partial charge in [-0.3, -0.25) is 9.78 Å². The Labute approximate surface area is 134 Å². The van der Waals surface area contributed by atoms with E-state index in [1.807, 2.05) is 35.2 Å². The lowest BCUT2D eigenvalue weighted by atomic mass is 10.0. The highest BCUT2D eigenvalue weighted by atomic mass is 35.5. The third-order valence-electron chi connectivity index (χ3n) is 3.99. The second-order valence-corrected chi connectivity index (χ2v) is 6.04. The number of likely N-dealkylation sites (tertiary alicyclic amines) is 1. The molecule has 1 saturated heterocycles. The van der Waals surface area contributed by atoms with Gasteiger partial charge < -0.3 is 10.6 Å². The summed E-state index contributed by atoms with van der Waals surface area (Å²) in [6.07, 6.45) is 5.09. The number of amides is 1. The Balaban J connectivity index is 1.81. The van der Waals surface area contributed by atoms with Crippen LogP contribution in [0.15, 0.2) is 42.7 Å². The lowest BCUT2D eigenvalue weighted by Crippen LogP contribution is -2.42. The first-order valence-corrected chi connectivity index (χ1v) is 7.77. The third-order valence-corrected chi connectivity index (χ3v) is 4.24. The summed E-state index contributed by atoms with van der Waals surface area (Å²) < 4.78 is 0. The van der Waals surface area contributed by atoms with Gasteiger partial charge in [0, 0.05) is 42.1 Å². The molecule has 114 valence electrons. The van der Waals surface area contributed by atoms with Crippen LogP contribution >= 0.6 is 11.6 Å². The van der Waals surface area contributed by atoms with Crippen LogP contribution in [-0.4, -0.2) is 34.9 Å². The van der Waals surface area contributed by atoms with E-state index in [0.717, 1.165) is 24.0 Å². The fourth-order valence-electron chi connectivity index (χ4n) is 2.64. The minimum atomic E-state index is 0.0233. The number of halogens is 1. The van der Waals surface area contributed by atoms with Gasteiger partial charge in [-0.1, -0.05) is 23.7 Å². The zero-order valence-corrected chi connectivity index (χ0v) is 13.0. The molecule has 1 fully saturated rings. The number of nitrogens with two attached hydrogens (primary N) is 1. The Morgan fingerprint density at radius 2 is 1.82 bits per heavy atom. The highest BCUT2D eigenvalue weighted by Crippen LogP contribution is 2.22. The van der Waals surface area contributed by atoms with E-state index in [1.165, 1.54) is 0 Å². The van der Waals surface area contributed by atoms with Crippen molar-refractivity contribution in [3.63, 3.8) is 0 Å². The summed E-state index contributed by atoms with van der Waals surface area (Å²) in [6.45, 7) is 1.43. The molecule has 0 spiro atoms. The molecule has 0 atom stereocenters. The number of carbonyl (C=O) groups is 1. The number of piperidine rings is 1. The molecule has 2 heterocycles. The minimum absolute atomic E-state index is 0.0233. The quantitative estimate of drug-likeness (QED) is 0.927. The molecular weight excluding hydrogens is 298 g/mol. The van der Waals surface area contributed by atoms with Crippen molar-refractivity contribution in [1.82, 2.24) is 9.88 Å². The smallest absolute Gasteiger partial charge is 0.255 e. The van der Waals surface area contributed by atoms with Gasteiger partial charge >= 0.3 is 0 Å². The van der Waals surface area contributed by atoms with E-state index in [0.29, 0.717) is 23.7 Å². The highest BCUT2D eigenvalue weighted by molar-refractivity contribution is 6.30. The van der Waals surface area contributed by atoms with Crippen LogP contribution in [0.2, 0.25) is 5.02 Å². The van der Waals surface area contributed by atoms with Gasteiger partial charge in [0.25, 0.3) is 5.91 Å². The first-order valence-electron chi connectivity index (χ1n) is 7.39. The SMILES string of the molecule is NC1CCN(C(=O)c2cncc(-c3ccc(Cl)cc3)c2)CC1. The minimum Gasteiger partial charge on any atom is -0.338 e. The molecule has 0 unspecified atom stereocenters. The summed E-state index contributed by atoms with van der Waals surface area (Å²) in [6, 6.07) is 9.60. The Kier molecular flexibility index (Phi) is 4.41. The molecule has 22 heavy (non-hydrogen) atoms. The molecule has 1 amide bonds. The lowest BCUT2D eigenvalue weighted by Gasteiger charge is -2.30. The van der Waals surface area contributed by atoms with Gasteiger partial charge in [-0.05, 0) is 36.6 Å². The molecular formula is C17H18ClN3O. The van der Waals surface area contributed by atoms with Gasteiger partial charge in [-0.2, -0.15) is 0 Å². The van der Waals surface area contributed by atoms with Crippen molar-refractivity contribution < 1.29 is 4.79 Å². The van der Waals surface area contributed by atoms with Crippen molar-refractivity contribution in [2.45, 2.75) is 18.9 Å². The topological polar surface area (TPSA) is 59.2 Å². The normalized spacial score (nSPS) is 15.8. The van der Waals surface area contributed by atoms with E-state index in [1.54, 1.807) is 12.4 Å². The van der Waals surface area contributed by atoms with E-state index in [9.17, 15) is 4.79 Å². The number of carbonyl (C=O) groups excluding carboxylic acids is 1. The van der Waals surface area contributed by atoms with Gasteiger partial charge in [0.2, 0.25) is 0 Å². The van der Waals surface area contributed by atoms with Crippen molar-refractivity contribution >= 4 is 17.5 Å². The number of benzene rings is 1. The van der Waals surface area contributed by atoms with Gasteiger partial charge in [0.15, 0.2) is 0 Å². The van der Waals surface area contributed by atoms with Crippen LogP contribution in [0.4, 0.5) is 0 Å². The van der Waals surface area contributed by atoms with E-state index < -0.39 is 0 Å². The summed E-state index contributed by atoms with van der Waals surface area (Å²) in [5.41, 5.74) is 8.41. The Morgan fingerprint density at radius 1 is 1.14 bits per heavy atom. The van der Waals surface area contributed by atoms with Crippen molar-refractivity contribution in [2.75, 3.05) is 13.1 Å². The zero-order chi connectivity index (χ0) is 15.5. The predicted octanol–water partition coefficient (Wildman–Crippen LogP) is 2.97. The van der Waals surface area contributed by atoms with Crippen molar-refractivity contribution in [3.05, 3.63) is 53.3 Å². The average molecular weight is 316 g/mol. The number of aromatic nitrogens is 1. The van der Waals surface area contributed by atoms with Gasteiger partial charge in [0.05, 0.1) is 5.56 Å². The van der Waals surface area contributed by atoms with E-state index in [2.05, 4.69) is 4.98 Å². The van der Waals surface area contributed by atoms with Crippen molar-refractivity contribution in [3.8, 4) is 11.1 Å². The van der Waals surface area contributed by atoms with Crippen LogP contribution in [-0.2, 0) is 0 Å². The number of nitrogens with zero attached hydrogens (tertiary/aromatic N) is 2. The summed E-state index contributed by atoms with van der Waals surface area (Å²) in [7, 11) is 0. The maximum absolute atomic E-state index is 12.6. The second kappa shape index (κ2) is 6.46. The molecule has 0 radical (unpaired) electrons. The van der Waals surface area contributed by atoms with Crippen LogP contribution in [0.3, 0.4) is 0 Å². The van der Waals surface area contributed by atoms with Gasteiger partial charge in [-0.15, -0.1) is 0 Å². The average Bonchev–Trinajstić information content (AvgIpc) is 2.56. The molecule has 2 N–H and O–H groups in total. The summed E-state index contributed by atoms with van der Waals surface area (Å²) in [5.74, 6) is 0.0233. The predicted molar refractivity (Wildman–Crippen MR) is 87.8 cm³/mol. The zero-order valence-electron chi connectivity index (χ0n) is 12.2. The Bertz CT molecular complexity index is 664. The van der Waals surface area contributed by atoms with E-state index in [-0.39, 0.29) is 11.9 Å². The molecule has 1 aromatic heterocycles. The highest BCUT2D eigenvalue weighted by Gasteiger charge is 2.22. The van der Waals surface area contributed by atoms with Crippen LogP contribution in [0, 0.1) is 0 Å². The molecule has 1 aliphatic rings. The van der Waals surface area contributed by atoms with Crippen molar-refractivity contribution in [2.24, 2.45) is 5.73 Å². The standard InChI is InChI=1S/C17H18ClN3O/c18-15-3-1-12(2-4-15)13-9-14(11-20-10-13)17(22)21-7-5-16(19)6-8-21/h1-4,9-11,16H,5-8,19H2. The largest absolute Gasteiger partial charge is 0.338 e. The number of hydrogen-bond donors (Lipinski definition) is 1. The molecule has 4 nitrogen and oxygen atoms in total. The van der Waals surface area contributed by atoms with Crippen molar-refractivity contribution in [1.29, 1.82) is 0 Å². The first-order chi connectivity index (χ1) is 10.6. The second-order valence-electron chi connectivity index (χ2n) is 5.60. The fraction of sp³-hybridized carbons (Fsp3) is 0.294. The lowest BCUT2D eigenvalue weighted by molar-refractivity contribution is 0.0714.